The molecule has 1 unspecified atom stereocenters. The van der Waals surface area contributed by atoms with E-state index in [1.54, 1.807) is 41.3 Å². The summed E-state index contributed by atoms with van der Waals surface area (Å²) in [5, 5.41) is 9.64. The summed E-state index contributed by atoms with van der Waals surface area (Å²) in [6.45, 7) is 0.803. The lowest BCUT2D eigenvalue weighted by Crippen LogP contribution is -2.33. The number of hydrogen-bond donors (Lipinski definition) is 0. The van der Waals surface area contributed by atoms with Crippen molar-refractivity contribution in [2.45, 2.75) is 12.5 Å². The van der Waals surface area contributed by atoms with Crippen LogP contribution in [0.15, 0.2) is 57.9 Å². The Morgan fingerprint density at radius 1 is 1.30 bits per heavy atom. The Bertz CT molecular complexity index is 1120. The molecule has 1 aromatic carbocycles. The van der Waals surface area contributed by atoms with E-state index in [-0.39, 0.29) is 17.6 Å². The van der Waals surface area contributed by atoms with Crippen molar-refractivity contribution in [1.29, 1.82) is 5.26 Å². The molecule has 3 aromatic rings. The van der Waals surface area contributed by atoms with Crippen molar-refractivity contribution >= 4 is 16.9 Å². The number of nitrogens with zero attached hydrogens (tertiary/aromatic N) is 3. The first-order valence-corrected chi connectivity index (χ1v) is 8.49. The molecule has 0 N–H and O–H groups in total. The molecular formula is C20H15N3O4. The van der Waals surface area contributed by atoms with Crippen molar-refractivity contribution < 1.29 is 13.9 Å². The number of nitriles is 1. The van der Waals surface area contributed by atoms with Gasteiger partial charge in [-0.25, -0.2) is 9.78 Å². The Morgan fingerprint density at radius 3 is 3.00 bits per heavy atom. The molecule has 1 aliphatic rings. The number of rotatable bonds is 3. The van der Waals surface area contributed by atoms with E-state index in [1.165, 1.54) is 6.20 Å². The lowest BCUT2D eigenvalue weighted by Gasteiger charge is -2.16. The molecular weight excluding hydrogens is 346 g/mol. The van der Waals surface area contributed by atoms with Crippen LogP contribution >= 0.6 is 0 Å². The monoisotopic (exact) mass is 361 g/mol. The van der Waals surface area contributed by atoms with Gasteiger partial charge in [-0.1, -0.05) is 18.2 Å². The van der Waals surface area contributed by atoms with Crippen molar-refractivity contribution in [2.24, 2.45) is 0 Å². The molecule has 0 bridgehead atoms. The van der Waals surface area contributed by atoms with Gasteiger partial charge in [0.05, 0.1) is 18.2 Å². The topological polar surface area (TPSA) is 96.4 Å². The first kappa shape index (κ1) is 16.8. The van der Waals surface area contributed by atoms with Crippen LogP contribution < -0.4 is 10.4 Å². The molecule has 0 radical (unpaired) electrons. The predicted molar refractivity (Wildman–Crippen MR) is 96.4 cm³/mol. The second kappa shape index (κ2) is 6.92. The molecule has 0 aliphatic carbocycles. The van der Waals surface area contributed by atoms with Crippen LogP contribution in [0.25, 0.3) is 11.0 Å². The largest absolute Gasteiger partial charge is 0.472 e. The number of pyridine rings is 1. The normalized spacial score (nSPS) is 16.3. The molecule has 0 saturated carbocycles. The van der Waals surface area contributed by atoms with Gasteiger partial charge in [0.2, 0.25) is 5.88 Å². The highest BCUT2D eigenvalue weighted by atomic mass is 16.5. The summed E-state index contributed by atoms with van der Waals surface area (Å²) in [7, 11) is 0. The summed E-state index contributed by atoms with van der Waals surface area (Å²) < 4.78 is 11.0. The van der Waals surface area contributed by atoms with Gasteiger partial charge < -0.3 is 14.1 Å². The average Bonchev–Trinajstić information content (AvgIpc) is 3.15. The molecule has 1 atom stereocenters. The molecule has 134 valence electrons. The first-order chi connectivity index (χ1) is 13.1. The summed E-state index contributed by atoms with van der Waals surface area (Å²) in [5.41, 5.74) is 0.273. The molecule has 1 aliphatic heterocycles. The lowest BCUT2D eigenvalue weighted by atomic mass is 10.1. The fraction of sp³-hybridized carbons (Fsp3) is 0.200. The minimum absolute atomic E-state index is 0.0129. The van der Waals surface area contributed by atoms with Gasteiger partial charge in [0, 0.05) is 30.6 Å². The van der Waals surface area contributed by atoms with Crippen molar-refractivity contribution in [2.75, 3.05) is 13.1 Å². The first-order valence-electron chi connectivity index (χ1n) is 8.49. The molecule has 1 fully saturated rings. The summed E-state index contributed by atoms with van der Waals surface area (Å²) in [4.78, 5) is 30.6. The number of likely N-dealkylation sites (tertiary alicyclic amines) is 1. The number of benzene rings is 1. The van der Waals surface area contributed by atoms with Crippen LogP contribution in [0.1, 0.15) is 22.3 Å². The standard InChI is InChI=1S/C20H15N3O4/c21-11-13-5-7-22-18(9-13)26-15-6-8-23(12-15)19(24)16-10-14-3-1-2-4-17(14)27-20(16)25/h1-5,7,9-10,15H,6,8,12H2. The molecule has 2 aromatic heterocycles. The van der Waals surface area contributed by atoms with Crippen LogP contribution in [0.4, 0.5) is 0 Å². The van der Waals surface area contributed by atoms with Gasteiger partial charge in [0.25, 0.3) is 5.91 Å². The third-order valence-corrected chi connectivity index (χ3v) is 4.46. The van der Waals surface area contributed by atoms with E-state index in [9.17, 15) is 9.59 Å². The Kier molecular flexibility index (Phi) is 4.30. The van der Waals surface area contributed by atoms with E-state index in [2.05, 4.69) is 4.98 Å². The Labute approximate surface area is 154 Å². The Hall–Kier alpha value is -3.66. The van der Waals surface area contributed by atoms with Gasteiger partial charge in [-0.05, 0) is 18.2 Å². The summed E-state index contributed by atoms with van der Waals surface area (Å²) in [6.07, 6.45) is 1.87. The van der Waals surface area contributed by atoms with Gasteiger partial charge in [-0.2, -0.15) is 5.26 Å². The number of para-hydroxylation sites is 1. The number of hydrogen-bond acceptors (Lipinski definition) is 6. The van der Waals surface area contributed by atoms with Crippen LogP contribution in [-0.2, 0) is 0 Å². The number of carbonyl (C=O) groups excluding carboxylic acids is 1. The molecule has 3 heterocycles. The van der Waals surface area contributed by atoms with Crippen LogP contribution in [0.5, 0.6) is 5.88 Å². The van der Waals surface area contributed by atoms with E-state index in [4.69, 9.17) is 14.4 Å². The van der Waals surface area contributed by atoms with E-state index in [1.807, 2.05) is 12.1 Å². The van der Waals surface area contributed by atoms with Crippen LogP contribution in [0.2, 0.25) is 0 Å². The van der Waals surface area contributed by atoms with E-state index in [0.717, 1.165) is 0 Å². The third-order valence-electron chi connectivity index (χ3n) is 4.46. The zero-order valence-electron chi connectivity index (χ0n) is 14.3. The number of ether oxygens (including phenoxy) is 1. The van der Waals surface area contributed by atoms with Crippen molar-refractivity contribution in [3.05, 3.63) is 70.2 Å². The van der Waals surface area contributed by atoms with E-state index < -0.39 is 5.63 Å². The zero-order chi connectivity index (χ0) is 18.8. The molecule has 1 amide bonds. The fourth-order valence-electron chi connectivity index (χ4n) is 3.10. The molecule has 4 rings (SSSR count). The number of aromatic nitrogens is 1. The second-order valence-electron chi connectivity index (χ2n) is 6.26. The van der Waals surface area contributed by atoms with Gasteiger partial charge >= 0.3 is 5.63 Å². The van der Waals surface area contributed by atoms with E-state index >= 15 is 0 Å². The highest BCUT2D eigenvalue weighted by molar-refractivity contribution is 5.96. The van der Waals surface area contributed by atoms with Gasteiger partial charge in [0.1, 0.15) is 17.3 Å². The summed E-state index contributed by atoms with van der Waals surface area (Å²) >= 11 is 0. The average molecular weight is 361 g/mol. The third kappa shape index (κ3) is 3.37. The van der Waals surface area contributed by atoms with Crippen LogP contribution in [-0.4, -0.2) is 35.0 Å². The maximum Gasteiger partial charge on any atom is 0.349 e. The quantitative estimate of drug-likeness (QED) is 0.665. The number of fused-ring (bicyclic) bond motifs is 1. The SMILES string of the molecule is N#Cc1ccnc(OC2CCN(C(=O)c3cc4ccccc4oc3=O)C2)c1. The predicted octanol–water partition coefficient (Wildman–Crippen LogP) is 2.35. The van der Waals surface area contributed by atoms with Gasteiger partial charge in [0.15, 0.2) is 0 Å². The maximum absolute atomic E-state index is 12.8. The summed E-state index contributed by atoms with van der Waals surface area (Å²) in [6, 6.07) is 13.8. The Morgan fingerprint density at radius 2 is 2.15 bits per heavy atom. The number of amides is 1. The summed E-state index contributed by atoms with van der Waals surface area (Å²) in [5.74, 6) is -0.0297. The van der Waals surface area contributed by atoms with Gasteiger partial charge in [-0.3, -0.25) is 4.79 Å². The molecule has 0 spiro atoms. The molecule has 7 nitrogen and oxygen atoms in total. The van der Waals surface area contributed by atoms with E-state index in [0.29, 0.717) is 41.9 Å². The second-order valence-corrected chi connectivity index (χ2v) is 6.26. The highest BCUT2D eigenvalue weighted by Crippen LogP contribution is 2.20. The molecule has 1 saturated heterocycles. The van der Waals surface area contributed by atoms with Crippen molar-refractivity contribution in [3.63, 3.8) is 0 Å². The number of carbonyl (C=O) groups is 1. The zero-order valence-corrected chi connectivity index (χ0v) is 14.3. The molecule has 27 heavy (non-hydrogen) atoms. The smallest absolute Gasteiger partial charge is 0.349 e. The fourth-order valence-corrected chi connectivity index (χ4v) is 3.10. The highest BCUT2D eigenvalue weighted by Gasteiger charge is 2.30. The minimum atomic E-state index is -0.647. The van der Waals surface area contributed by atoms with Crippen LogP contribution in [0, 0.1) is 11.3 Å². The Balaban J connectivity index is 1.50. The maximum atomic E-state index is 12.8. The van der Waals surface area contributed by atoms with Crippen molar-refractivity contribution in [3.8, 4) is 11.9 Å². The van der Waals surface area contributed by atoms with Gasteiger partial charge in [-0.15, -0.1) is 0 Å². The minimum Gasteiger partial charge on any atom is -0.472 e. The van der Waals surface area contributed by atoms with Crippen molar-refractivity contribution in [1.82, 2.24) is 9.88 Å². The molecule has 7 heteroatoms. The van der Waals surface area contributed by atoms with Crippen LogP contribution in [0.3, 0.4) is 0 Å². The lowest BCUT2D eigenvalue weighted by molar-refractivity contribution is 0.0767.